The number of rotatable bonds is 5. The molecule has 3 amide bonds. The molecular formula is C13H23N3O4. The molecule has 1 fully saturated rings. The van der Waals surface area contributed by atoms with Gasteiger partial charge in [-0.15, -0.1) is 0 Å². The molecule has 0 aromatic carbocycles. The van der Waals surface area contributed by atoms with E-state index in [1.807, 2.05) is 13.8 Å². The van der Waals surface area contributed by atoms with Gasteiger partial charge < -0.3 is 21.1 Å². The van der Waals surface area contributed by atoms with Crippen LogP contribution in [0.25, 0.3) is 0 Å². The second-order valence-corrected chi connectivity index (χ2v) is 5.67. The Morgan fingerprint density at radius 2 is 2.00 bits per heavy atom. The van der Waals surface area contributed by atoms with E-state index >= 15 is 0 Å². The summed E-state index contributed by atoms with van der Waals surface area (Å²) in [6.07, 6.45) is -0.0959. The van der Waals surface area contributed by atoms with Crippen LogP contribution < -0.4 is 11.1 Å². The van der Waals surface area contributed by atoms with Crippen LogP contribution in [0.3, 0.4) is 0 Å². The van der Waals surface area contributed by atoms with Crippen LogP contribution in [0.1, 0.15) is 33.6 Å². The summed E-state index contributed by atoms with van der Waals surface area (Å²) in [6, 6.07) is -1.49. The number of nitrogens with two attached hydrogens (primary N) is 1. The van der Waals surface area contributed by atoms with E-state index in [-0.39, 0.29) is 24.8 Å². The minimum atomic E-state index is -0.756. The molecular weight excluding hydrogens is 262 g/mol. The molecule has 0 aromatic heterocycles. The highest BCUT2D eigenvalue weighted by molar-refractivity contribution is 5.91. The van der Waals surface area contributed by atoms with Gasteiger partial charge in [0.15, 0.2) is 0 Å². The number of aliphatic hydroxyl groups is 1. The Morgan fingerprint density at radius 1 is 1.40 bits per heavy atom. The molecule has 1 saturated heterocycles. The average molecular weight is 285 g/mol. The minimum absolute atomic E-state index is 0.138. The number of aliphatic hydroxyl groups excluding tert-OH is 1. The van der Waals surface area contributed by atoms with E-state index in [0.29, 0.717) is 6.42 Å². The SMILES string of the molecule is CC(=O)N1C[C@H](O)C[C@H]1C(=O)N[C@H](CC(C)C)C(N)=O. The topological polar surface area (TPSA) is 113 Å². The van der Waals surface area contributed by atoms with Crippen molar-refractivity contribution in [1.82, 2.24) is 10.2 Å². The second-order valence-electron chi connectivity index (χ2n) is 5.67. The third kappa shape index (κ3) is 4.19. The van der Waals surface area contributed by atoms with Crippen molar-refractivity contribution in [2.45, 2.75) is 51.8 Å². The van der Waals surface area contributed by atoms with Crippen LogP contribution in [0.4, 0.5) is 0 Å². The van der Waals surface area contributed by atoms with Crippen LogP contribution in [-0.4, -0.2) is 52.5 Å². The number of likely N-dealkylation sites (tertiary alicyclic amines) is 1. The number of hydrogen-bond donors (Lipinski definition) is 3. The molecule has 0 saturated carbocycles. The van der Waals surface area contributed by atoms with E-state index in [2.05, 4.69) is 5.32 Å². The van der Waals surface area contributed by atoms with Crippen molar-refractivity contribution in [3.05, 3.63) is 0 Å². The van der Waals surface area contributed by atoms with Gasteiger partial charge in [0.25, 0.3) is 0 Å². The molecule has 1 rings (SSSR count). The summed E-state index contributed by atoms with van der Waals surface area (Å²) in [5.74, 6) is -1.12. The summed E-state index contributed by atoms with van der Waals surface area (Å²) in [4.78, 5) is 36.3. The Bertz CT molecular complexity index is 397. The largest absolute Gasteiger partial charge is 0.391 e. The number of β-amino-alcohol motifs (C(OH)–C–C–N with tert-alkyl or cyclic N) is 1. The number of carbonyl (C=O) groups is 3. The standard InChI is InChI=1S/C13H23N3O4/c1-7(2)4-10(12(14)19)15-13(20)11-5-9(18)6-16(11)8(3)17/h7,9-11,18H,4-6H2,1-3H3,(H2,14,19)(H,15,20)/t9-,10-,11+/m1/s1. The molecule has 3 atom stereocenters. The molecule has 0 unspecified atom stereocenters. The van der Waals surface area contributed by atoms with Gasteiger partial charge in [0.05, 0.1) is 6.10 Å². The maximum absolute atomic E-state index is 12.2. The zero-order valence-corrected chi connectivity index (χ0v) is 12.1. The van der Waals surface area contributed by atoms with E-state index in [9.17, 15) is 19.5 Å². The quantitative estimate of drug-likeness (QED) is 0.600. The first-order valence-corrected chi connectivity index (χ1v) is 6.77. The molecule has 114 valence electrons. The van der Waals surface area contributed by atoms with Gasteiger partial charge in [-0.2, -0.15) is 0 Å². The third-order valence-electron chi connectivity index (χ3n) is 3.35. The fourth-order valence-electron chi connectivity index (χ4n) is 2.40. The Hall–Kier alpha value is -1.63. The molecule has 0 spiro atoms. The summed E-state index contributed by atoms with van der Waals surface area (Å²) >= 11 is 0. The first-order valence-electron chi connectivity index (χ1n) is 6.77. The lowest BCUT2D eigenvalue weighted by atomic mass is 10.0. The predicted molar refractivity (Wildman–Crippen MR) is 72.4 cm³/mol. The smallest absolute Gasteiger partial charge is 0.243 e. The monoisotopic (exact) mass is 285 g/mol. The zero-order valence-electron chi connectivity index (χ0n) is 12.1. The van der Waals surface area contributed by atoms with Crippen LogP contribution in [0.2, 0.25) is 0 Å². The van der Waals surface area contributed by atoms with Crippen molar-refractivity contribution in [2.24, 2.45) is 11.7 Å². The highest BCUT2D eigenvalue weighted by atomic mass is 16.3. The molecule has 1 heterocycles. The van der Waals surface area contributed by atoms with Gasteiger partial charge in [-0.3, -0.25) is 14.4 Å². The van der Waals surface area contributed by atoms with E-state index in [1.165, 1.54) is 11.8 Å². The van der Waals surface area contributed by atoms with Crippen molar-refractivity contribution in [1.29, 1.82) is 0 Å². The third-order valence-corrected chi connectivity index (χ3v) is 3.35. The van der Waals surface area contributed by atoms with E-state index in [1.54, 1.807) is 0 Å². The summed E-state index contributed by atoms with van der Waals surface area (Å²) in [6.45, 7) is 5.32. The molecule has 0 bridgehead atoms. The lowest BCUT2D eigenvalue weighted by molar-refractivity contribution is -0.138. The second kappa shape index (κ2) is 6.69. The normalized spacial score (nSPS) is 23.8. The number of nitrogens with one attached hydrogen (secondary N) is 1. The Morgan fingerprint density at radius 3 is 2.45 bits per heavy atom. The molecule has 20 heavy (non-hydrogen) atoms. The number of primary amides is 1. The van der Waals surface area contributed by atoms with Gasteiger partial charge in [-0.05, 0) is 12.3 Å². The van der Waals surface area contributed by atoms with Crippen LogP contribution in [-0.2, 0) is 14.4 Å². The van der Waals surface area contributed by atoms with Crippen LogP contribution in [0.5, 0.6) is 0 Å². The Kier molecular flexibility index (Phi) is 5.50. The van der Waals surface area contributed by atoms with Gasteiger partial charge in [-0.1, -0.05) is 13.8 Å². The van der Waals surface area contributed by atoms with Crippen molar-refractivity contribution >= 4 is 17.7 Å². The molecule has 7 heteroatoms. The molecule has 0 radical (unpaired) electrons. The molecule has 0 aromatic rings. The van der Waals surface area contributed by atoms with Crippen molar-refractivity contribution in [3.8, 4) is 0 Å². The highest BCUT2D eigenvalue weighted by Gasteiger charge is 2.38. The number of amides is 3. The van der Waals surface area contributed by atoms with Gasteiger partial charge in [-0.25, -0.2) is 0 Å². The molecule has 1 aliphatic rings. The number of nitrogens with zero attached hydrogens (tertiary/aromatic N) is 1. The average Bonchev–Trinajstić information content (AvgIpc) is 2.69. The van der Waals surface area contributed by atoms with E-state index in [0.717, 1.165) is 0 Å². The van der Waals surface area contributed by atoms with E-state index < -0.39 is 30.0 Å². The predicted octanol–water partition coefficient (Wildman–Crippen LogP) is -1.02. The van der Waals surface area contributed by atoms with Gasteiger partial charge in [0.2, 0.25) is 17.7 Å². The highest BCUT2D eigenvalue weighted by Crippen LogP contribution is 2.18. The van der Waals surface area contributed by atoms with Crippen molar-refractivity contribution in [2.75, 3.05) is 6.54 Å². The van der Waals surface area contributed by atoms with Crippen LogP contribution in [0.15, 0.2) is 0 Å². The number of hydrogen-bond acceptors (Lipinski definition) is 4. The summed E-state index contributed by atoms with van der Waals surface area (Å²) < 4.78 is 0. The fraction of sp³-hybridized carbons (Fsp3) is 0.769. The van der Waals surface area contributed by atoms with Crippen LogP contribution >= 0.6 is 0 Å². The minimum Gasteiger partial charge on any atom is -0.391 e. The first-order chi connectivity index (χ1) is 9.22. The lowest BCUT2D eigenvalue weighted by Gasteiger charge is -2.25. The molecule has 7 nitrogen and oxygen atoms in total. The summed E-state index contributed by atoms with van der Waals surface area (Å²) in [5, 5.41) is 12.2. The lowest BCUT2D eigenvalue weighted by Crippen LogP contribution is -2.52. The maximum Gasteiger partial charge on any atom is 0.243 e. The fourth-order valence-corrected chi connectivity index (χ4v) is 2.40. The summed E-state index contributed by atoms with van der Waals surface area (Å²) in [7, 11) is 0. The van der Waals surface area contributed by atoms with Crippen LogP contribution in [0, 0.1) is 5.92 Å². The van der Waals surface area contributed by atoms with Crippen molar-refractivity contribution < 1.29 is 19.5 Å². The van der Waals surface area contributed by atoms with Gasteiger partial charge in [0, 0.05) is 19.9 Å². The Labute approximate surface area is 118 Å². The number of carbonyl (C=O) groups excluding carboxylic acids is 3. The maximum atomic E-state index is 12.2. The van der Waals surface area contributed by atoms with Crippen molar-refractivity contribution in [3.63, 3.8) is 0 Å². The molecule has 1 aliphatic heterocycles. The van der Waals surface area contributed by atoms with Gasteiger partial charge in [0.1, 0.15) is 12.1 Å². The molecule has 0 aliphatic carbocycles. The Balaban J connectivity index is 2.72. The molecule has 4 N–H and O–H groups in total. The zero-order chi connectivity index (χ0) is 15.4. The van der Waals surface area contributed by atoms with Gasteiger partial charge >= 0.3 is 0 Å². The van der Waals surface area contributed by atoms with E-state index in [4.69, 9.17) is 5.73 Å². The summed E-state index contributed by atoms with van der Waals surface area (Å²) in [5.41, 5.74) is 5.27. The first kappa shape index (κ1) is 16.4.